The SMILES string of the molecule is c1ccc(-c2ccc(-c3nc(-c4ccccc4)nc(-c4ccc(-c5ccc(-c6cccc(-c7ccc8c(ccc9oc%10nc%11ccccc%11nc%10c98)c7)c6)cc5)cc4)n3)cc2)cc1.c1ccc(-c2ccc(-c3nc(-c4ccccc4)nc(-c4ccc(-c5ccc(-c6cccc(-c7ccc8c(ccc9oc%10nc%11cccnc%11nc%10c98)c7)c6)cc5)cc4)n3)cc2)cc1. The maximum atomic E-state index is 6.18. The van der Waals surface area contributed by atoms with Crippen LogP contribution in [0.3, 0.4) is 0 Å². The summed E-state index contributed by atoms with van der Waals surface area (Å²) in [4.78, 5) is 53.4. The van der Waals surface area contributed by atoms with Gasteiger partial charge in [-0.05, 0) is 171 Å². The van der Waals surface area contributed by atoms with Gasteiger partial charge >= 0.3 is 0 Å². The second-order valence-electron chi connectivity index (χ2n) is 31.2. The minimum atomic E-state index is 0.519. The van der Waals surface area contributed by atoms with Gasteiger partial charge in [-0.3, -0.25) is 0 Å². The summed E-state index contributed by atoms with van der Waals surface area (Å²) in [5, 5.41) is 6.34. The van der Waals surface area contributed by atoms with E-state index in [9.17, 15) is 0 Å². The first-order chi connectivity index (χ1) is 62.3. The van der Waals surface area contributed by atoms with Crippen molar-refractivity contribution in [1.29, 1.82) is 0 Å². The van der Waals surface area contributed by atoms with Crippen LogP contribution in [0.25, 0.3) is 245 Å². The highest BCUT2D eigenvalue weighted by Gasteiger charge is 2.21. The van der Waals surface area contributed by atoms with E-state index in [1.54, 1.807) is 6.20 Å². The molecule has 0 aliphatic carbocycles. The van der Waals surface area contributed by atoms with Crippen molar-refractivity contribution in [2.75, 3.05) is 0 Å². The summed E-state index contributed by atoms with van der Waals surface area (Å²) in [6.45, 7) is 0. The largest absolute Gasteiger partial charge is 0.436 e. The number of furan rings is 2. The van der Waals surface area contributed by atoms with Crippen LogP contribution in [0.15, 0.2) is 428 Å². The summed E-state index contributed by atoms with van der Waals surface area (Å²) >= 11 is 0. The zero-order valence-corrected chi connectivity index (χ0v) is 67.6. The van der Waals surface area contributed by atoms with Gasteiger partial charge in [0.25, 0.3) is 0 Å². The molecule has 17 aromatic carbocycles. The molecule has 126 heavy (non-hydrogen) atoms. The highest BCUT2D eigenvalue weighted by molar-refractivity contribution is 6.19. The van der Waals surface area contributed by atoms with Gasteiger partial charge in [-0.15, -0.1) is 0 Å². The molecular formula is C113H69N11O2. The zero-order chi connectivity index (χ0) is 83.4. The molecule has 0 fully saturated rings. The van der Waals surface area contributed by atoms with Gasteiger partial charge < -0.3 is 8.83 Å². The molecule has 0 saturated heterocycles. The van der Waals surface area contributed by atoms with Crippen LogP contribution >= 0.6 is 0 Å². The molecule has 13 nitrogen and oxygen atoms in total. The normalized spacial score (nSPS) is 11.5. The molecule has 0 unspecified atom stereocenters. The summed E-state index contributed by atoms with van der Waals surface area (Å²) < 4.78 is 12.3. The van der Waals surface area contributed by atoms with E-state index in [4.69, 9.17) is 58.7 Å². The van der Waals surface area contributed by atoms with Crippen molar-refractivity contribution in [2.24, 2.45) is 0 Å². The maximum Gasteiger partial charge on any atom is 0.247 e. The number of aromatic nitrogens is 11. The Balaban J connectivity index is 0.000000145. The Labute approximate surface area is 723 Å². The summed E-state index contributed by atoms with van der Waals surface area (Å²) in [6, 6.07) is 143. The topological polar surface area (TPSA) is 168 Å². The minimum Gasteiger partial charge on any atom is -0.436 e. The number of hydrogen-bond donors (Lipinski definition) is 0. The fourth-order valence-corrected chi connectivity index (χ4v) is 16.9. The number of fused-ring (bicyclic) bond motifs is 12. The Kier molecular flexibility index (Phi) is 18.6. The number of para-hydroxylation sites is 2. The van der Waals surface area contributed by atoms with Gasteiger partial charge in [0.1, 0.15) is 27.7 Å². The Morgan fingerprint density at radius 3 is 0.786 bits per heavy atom. The number of nitrogens with zero attached hydrogens (tertiary/aromatic N) is 11. The molecular weight excluding hydrogens is 1540 g/mol. The lowest BCUT2D eigenvalue weighted by Gasteiger charge is -2.10. The zero-order valence-electron chi connectivity index (χ0n) is 67.6. The Morgan fingerprint density at radius 1 is 0.167 bits per heavy atom. The maximum absolute atomic E-state index is 6.18. The second kappa shape index (κ2) is 31.7. The van der Waals surface area contributed by atoms with Gasteiger partial charge in [0.15, 0.2) is 40.6 Å². The van der Waals surface area contributed by atoms with E-state index in [1.807, 2.05) is 121 Å². The minimum absolute atomic E-state index is 0.519. The number of hydrogen-bond acceptors (Lipinski definition) is 13. The van der Waals surface area contributed by atoms with Gasteiger partial charge in [0, 0.05) is 39.6 Å². The fourth-order valence-electron chi connectivity index (χ4n) is 16.9. The summed E-state index contributed by atoms with van der Waals surface area (Å²) in [6.07, 6.45) is 1.74. The van der Waals surface area contributed by atoms with Gasteiger partial charge in [-0.1, -0.05) is 352 Å². The lowest BCUT2D eigenvalue weighted by Crippen LogP contribution is -2.00. The van der Waals surface area contributed by atoms with Crippen molar-refractivity contribution in [3.63, 3.8) is 0 Å². The molecule has 0 amide bonds. The molecule has 0 spiro atoms. The van der Waals surface area contributed by atoms with Crippen molar-refractivity contribution in [1.82, 2.24) is 54.8 Å². The number of pyridine rings is 1. The molecule has 24 aromatic rings. The molecule has 0 radical (unpaired) electrons. The van der Waals surface area contributed by atoms with E-state index < -0.39 is 0 Å². The van der Waals surface area contributed by atoms with Crippen LogP contribution < -0.4 is 0 Å². The first-order valence-electron chi connectivity index (χ1n) is 41.8. The van der Waals surface area contributed by atoms with Gasteiger partial charge in [-0.2, -0.15) is 0 Å². The number of rotatable bonds is 14. The smallest absolute Gasteiger partial charge is 0.247 e. The molecule has 7 heterocycles. The van der Waals surface area contributed by atoms with E-state index in [0.717, 1.165) is 177 Å². The van der Waals surface area contributed by atoms with E-state index in [0.29, 0.717) is 57.5 Å². The number of benzene rings is 17. The third kappa shape index (κ3) is 14.3. The van der Waals surface area contributed by atoms with E-state index >= 15 is 0 Å². The lowest BCUT2D eigenvalue weighted by molar-refractivity contribution is 0.655. The van der Waals surface area contributed by atoms with E-state index in [2.05, 4.69) is 296 Å². The first-order valence-corrected chi connectivity index (χ1v) is 41.8. The lowest BCUT2D eigenvalue weighted by atomic mass is 9.95. The van der Waals surface area contributed by atoms with Crippen LogP contribution in [-0.4, -0.2) is 54.8 Å². The van der Waals surface area contributed by atoms with E-state index in [-0.39, 0.29) is 0 Å². The van der Waals surface area contributed by atoms with Crippen LogP contribution in [0.1, 0.15) is 0 Å². The average molecular weight is 1610 g/mol. The van der Waals surface area contributed by atoms with Gasteiger partial charge in [0.05, 0.1) is 21.8 Å². The average Bonchev–Trinajstić information content (AvgIpc) is 1.59. The van der Waals surface area contributed by atoms with Crippen LogP contribution in [0.2, 0.25) is 0 Å². The first kappa shape index (κ1) is 73.8. The quantitative estimate of drug-likeness (QED) is 0.101. The Hall–Kier alpha value is -17.3. The second-order valence-corrected chi connectivity index (χ2v) is 31.2. The molecule has 24 rings (SSSR count). The van der Waals surface area contributed by atoms with Crippen molar-refractivity contribution in [2.45, 2.75) is 0 Å². The monoisotopic (exact) mass is 1610 g/mol. The Bertz CT molecular complexity index is 7780. The van der Waals surface area contributed by atoms with Crippen LogP contribution in [-0.2, 0) is 0 Å². The van der Waals surface area contributed by atoms with Crippen molar-refractivity contribution in [3.8, 4) is 157 Å². The van der Waals surface area contributed by atoms with Gasteiger partial charge in [-0.25, -0.2) is 54.8 Å². The van der Waals surface area contributed by atoms with Gasteiger partial charge in [0.2, 0.25) is 11.4 Å². The molecule has 0 atom stereocenters. The molecule has 588 valence electrons. The van der Waals surface area contributed by atoms with Crippen molar-refractivity contribution in [3.05, 3.63) is 419 Å². The highest BCUT2D eigenvalue weighted by atomic mass is 16.3. The third-order valence-corrected chi connectivity index (χ3v) is 23.4. The molecule has 0 N–H and O–H groups in total. The molecule has 0 saturated carbocycles. The summed E-state index contributed by atoms with van der Waals surface area (Å²) in [5.74, 6) is 3.80. The summed E-state index contributed by atoms with van der Waals surface area (Å²) in [7, 11) is 0. The predicted molar refractivity (Wildman–Crippen MR) is 509 cm³/mol. The van der Waals surface area contributed by atoms with Crippen LogP contribution in [0.5, 0.6) is 0 Å². The molecule has 7 aromatic heterocycles. The van der Waals surface area contributed by atoms with E-state index in [1.165, 1.54) is 11.1 Å². The third-order valence-electron chi connectivity index (χ3n) is 23.4. The van der Waals surface area contributed by atoms with Crippen molar-refractivity contribution >= 4 is 88.1 Å². The molecule has 0 aliphatic heterocycles. The summed E-state index contributed by atoms with van der Waals surface area (Å²) in [5.41, 5.74) is 31.0. The predicted octanol–water partition coefficient (Wildman–Crippen LogP) is 28.5. The van der Waals surface area contributed by atoms with Crippen LogP contribution in [0, 0.1) is 0 Å². The van der Waals surface area contributed by atoms with Crippen LogP contribution in [0.4, 0.5) is 0 Å². The molecule has 0 aliphatic rings. The van der Waals surface area contributed by atoms with Crippen molar-refractivity contribution < 1.29 is 8.83 Å². The molecule has 13 heteroatoms. The highest BCUT2D eigenvalue weighted by Crippen LogP contribution is 2.41. The standard InChI is InChI=1S/C57H35N5O.C56H34N6O/c1-3-10-36(11-4-1)37-22-26-42(27-23-37)55-60-54(41-12-5-2-6-13-41)61-56(62-55)43-28-24-39(25-29-43)38-18-20-40(21-19-38)44-14-9-15-45(34-44)46-30-32-48-47(35-46)31-33-51-52(48)53-57(63-51)59-50-17-8-7-16-49(50)58-53;1-3-9-35(10-4-1)36-20-24-41(25-21-36)53-60-52(40-11-5-2-6-12-40)61-54(62-53)42-26-22-38(23-27-42)37-16-18-39(19-17-37)43-13-7-14-44(33-43)45-28-30-47-46(34-45)29-31-49-50(47)51-56(63-49)58-48-15-8-32-57-55(48)59-51/h1-35H;1-34H. The molecule has 0 bridgehead atoms. The Morgan fingerprint density at radius 2 is 0.421 bits per heavy atom. The fraction of sp³-hybridized carbons (Fsp3) is 0.